The number of hydrogen-bond donors (Lipinski definition) is 4. The Balaban J connectivity index is 0.000000226. The Labute approximate surface area is 198 Å². The fourth-order valence-electron chi connectivity index (χ4n) is 3.14. The van der Waals surface area contributed by atoms with E-state index in [4.69, 9.17) is 5.11 Å². The smallest absolute Gasteiger partial charge is 0.305 e. The van der Waals surface area contributed by atoms with Crippen molar-refractivity contribution >= 4 is 35.1 Å². The van der Waals surface area contributed by atoms with Crippen molar-refractivity contribution in [3.05, 3.63) is 48.5 Å². The number of amides is 2. The number of nitrogens with zero attached hydrogens (tertiary/aromatic N) is 4. The van der Waals surface area contributed by atoms with Gasteiger partial charge in [-0.2, -0.15) is 0 Å². The number of carbonyl (C=O) groups excluding carboxylic acids is 2. The van der Waals surface area contributed by atoms with Crippen molar-refractivity contribution < 1.29 is 19.5 Å². The van der Waals surface area contributed by atoms with Gasteiger partial charge in [0.25, 0.3) is 0 Å². The second kappa shape index (κ2) is 14.2. The third kappa shape index (κ3) is 9.63. The standard InChI is InChI=1S/C14H18N4O.C5H9NO3.C4H4N2/c1-10(19)18-8-5-11-3-4-12(9-13(11)18)17-14-15-6-2-7-16-14;1-4(7)6-3-2-5(8)9;1-2-5-4-6-3-1/h3-4,9H,2,5-8H2,1H3,(H2,15,16,17);2-3H2,1H3,(H,6,7)(H,8,9);1-4H. The first-order valence-electron chi connectivity index (χ1n) is 11.0. The highest BCUT2D eigenvalue weighted by molar-refractivity contribution is 5.97. The number of aromatic nitrogens is 2. The van der Waals surface area contributed by atoms with E-state index in [1.165, 1.54) is 18.8 Å². The second-order valence-corrected chi connectivity index (χ2v) is 7.43. The number of rotatable bonds is 4. The predicted molar refractivity (Wildman–Crippen MR) is 130 cm³/mol. The quantitative estimate of drug-likeness (QED) is 0.525. The Hall–Kier alpha value is -4.02. The molecule has 11 nitrogen and oxygen atoms in total. The van der Waals surface area contributed by atoms with Crippen LogP contribution in [0.4, 0.5) is 11.4 Å². The van der Waals surface area contributed by atoms with Gasteiger partial charge in [-0.3, -0.25) is 19.4 Å². The Morgan fingerprint density at radius 2 is 1.94 bits per heavy atom. The van der Waals surface area contributed by atoms with Crippen LogP contribution in [0.5, 0.6) is 0 Å². The number of aliphatic imine (C=N–C) groups is 1. The number of benzene rings is 1. The molecule has 1 aromatic carbocycles. The molecule has 0 saturated heterocycles. The lowest BCUT2D eigenvalue weighted by Gasteiger charge is -2.18. The summed E-state index contributed by atoms with van der Waals surface area (Å²) in [5.74, 6) is -0.178. The summed E-state index contributed by atoms with van der Waals surface area (Å²) in [5.41, 5.74) is 3.23. The maximum Gasteiger partial charge on any atom is 0.305 e. The van der Waals surface area contributed by atoms with Crippen LogP contribution in [0.2, 0.25) is 0 Å². The summed E-state index contributed by atoms with van der Waals surface area (Å²) in [6.07, 6.45) is 6.88. The highest BCUT2D eigenvalue weighted by Crippen LogP contribution is 2.30. The zero-order valence-electron chi connectivity index (χ0n) is 19.5. The van der Waals surface area contributed by atoms with Crippen LogP contribution in [0.1, 0.15) is 32.3 Å². The van der Waals surface area contributed by atoms with E-state index in [2.05, 4.69) is 37.0 Å². The average Bonchev–Trinajstić information content (AvgIpc) is 3.25. The molecule has 0 unspecified atom stereocenters. The van der Waals surface area contributed by atoms with Crippen molar-refractivity contribution in [2.45, 2.75) is 33.1 Å². The number of guanidine groups is 1. The van der Waals surface area contributed by atoms with Gasteiger partial charge in [0.1, 0.15) is 6.33 Å². The summed E-state index contributed by atoms with van der Waals surface area (Å²) in [6.45, 7) is 5.78. The molecule has 0 aliphatic carbocycles. The molecule has 2 aliphatic heterocycles. The summed E-state index contributed by atoms with van der Waals surface area (Å²) in [6, 6.07) is 7.94. The largest absolute Gasteiger partial charge is 0.481 e. The maximum atomic E-state index is 11.6. The fourth-order valence-corrected chi connectivity index (χ4v) is 3.14. The van der Waals surface area contributed by atoms with Gasteiger partial charge in [-0.05, 0) is 36.6 Å². The lowest BCUT2D eigenvalue weighted by atomic mass is 10.1. The Morgan fingerprint density at radius 3 is 2.47 bits per heavy atom. The molecule has 34 heavy (non-hydrogen) atoms. The normalized spacial score (nSPS) is 13.5. The van der Waals surface area contributed by atoms with Crippen LogP contribution in [0, 0.1) is 0 Å². The molecule has 0 fully saturated rings. The summed E-state index contributed by atoms with van der Waals surface area (Å²) in [7, 11) is 0. The van der Waals surface area contributed by atoms with Crippen LogP contribution in [-0.2, 0) is 20.8 Å². The molecule has 2 aliphatic rings. The van der Waals surface area contributed by atoms with Gasteiger partial charge in [0.05, 0.1) is 6.42 Å². The van der Waals surface area contributed by atoms with Gasteiger partial charge in [-0.1, -0.05) is 6.07 Å². The number of nitrogens with one attached hydrogen (secondary N) is 3. The molecule has 0 saturated carbocycles. The molecule has 3 heterocycles. The molecule has 2 amide bonds. The van der Waals surface area contributed by atoms with Crippen LogP contribution in [0.15, 0.2) is 48.0 Å². The number of carbonyl (C=O) groups is 3. The van der Waals surface area contributed by atoms with E-state index in [0.29, 0.717) is 0 Å². The van der Waals surface area contributed by atoms with E-state index in [-0.39, 0.29) is 24.8 Å². The topological polar surface area (TPSA) is 149 Å². The summed E-state index contributed by atoms with van der Waals surface area (Å²) < 4.78 is 0. The summed E-state index contributed by atoms with van der Waals surface area (Å²) >= 11 is 0. The Kier molecular flexibility index (Phi) is 11.0. The second-order valence-electron chi connectivity index (χ2n) is 7.43. The molecule has 0 radical (unpaired) electrons. The first-order chi connectivity index (χ1) is 16.4. The van der Waals surface area contributed by atoms with Crippen LogP contribution in [0.25, 0.3) is 0 Å². The Bertz CT molecular complexity index is 942. The molecule has 182 valence electrons. The van der Waals surface area contributed by atoms with Crippen molar-refractivity contribution in [2.75, 3.05) is 36.4 Å². The lowest BCUT2D eigenvalue weighted by Crippen LogP contribution is -2.35. The molecule has 1 aromatic heterocycles. The number of carboxylic acid groups (broad SMARTS) is 1. The van der Waals surface area contributed by atoms with Crippen molar-refractivity contribution in [3.63, 3.8) is 0 Å². The van der Waals surface area contributed by atoms with Gasteiger partial charge in [0.15, 0.2) is 5.96 Å². The van der Waals surface area contributed by atoms with Gasteiger partial charge >= 0.3 is 5.97 Å². The van der Waals surface area contributed by atoms with E-state index >= 15 is 0 Å². The summed E-state index contributed by atoms with van der Waals surface area (Å²) in [5, 5.41) is 16.9. The molecule has 0 spiro atoms. The Morgan fingerprint density at radius 1 is 1.18 bits per heavy atom. The van der Waals surface area contributed by atoms with E-state index in [1.807, 2.05) is 17.0 Å². The van der Waals surface area contributed by atoms with Gasteiger partial charge in [-0.15, -0.1) is 0 Å². The number of anilines is 2. The number of aliphatic carboxylic acids is 1. The van der Waals surface area contributed by atoms with Crippen molar-refractivity contribution in [3.8, 4) is 0 Å². The monoisotopic (exact) mass is 469 g/mol. The predicted octanol–water partition coefficient (Wildman–Crippen LogP) is 1.43. The number of fused-ring (bicyclic) bond motifs is 1. The minimum atomic E-state index is -0.899. The molecule has 11 heteroatoms. The zero-order chi connectivity index (χ0) is 24.8. The third-order valence-corrected chi connectivity index (χ3v) is 4.71. The van der Waals surface area contributed by atoms with Crippen molar-refractivity contribution in [2.24, 2.45) is 4.99 Å². The molecule has 0 bridgehead atoms. The minimum Gasteiger partial charge on any atom is -0.481 e. The van der Waals surface area contributed by atoms with Gasteiger partial charge in [0, 0.05) is 63.8 Å². The number of carboxylic acids is 1. The van der Waals surface area contributed by atoms with E-state index in [0.717, 1.165) is 49.8 Å². The van der Waals surface area contributed by atoms with Crippen molar-refractivity contribution in [1.29, 1.82) is 0 Å². The van der Waals surface area contributed by atoms with Gasteiger partial charge in [0.2, 0.25) is 11.8 Å². The third-order valence-electron chi connectivity index (χ3n) is 4.71. The highest BCUT2D eigenvalue weighted by Gasteiger charge is 2.22. The van der Waals surface area contributed by atoms with Crippen LogP contribution in [-0.4, -0.2) is 65.0 Å². The summed E-state index contributed by atoms with van der Waals surface area (Å²) in [4.78, 5) is 45.1. The molecule has 0 atom stereocenters. The molecule has 4 rings (SSSR count). The van der Waals surface area contributed by atoms with Crippen molar-refractivity contribution in [1.82, 2.24) is 20.6 Å². The average molecular weight is 470 g/mol. The van der Waals surface area contributed by atoms with Crippen LogP contribution < -0.4 is 20.9 Å². The zero-order valence-corrected chi connectivity index (χ0v) is 19.5. The first-order valence-corrected chi connectivity index (χ1v) is 11.0. The molecule has 2 aromatic rings. The van der Waals surface area contributed by atoms with E-state index in [9.17, 15) is 14.4 Å². The maximum absolute atomic E-state index is 11.6. The molecule has 4 N–H and O–H groups in total. The van der Waals surface area contributed by atoms with Gasteiger partial charge < -0.3 is 26.0 Å². The SMILES string of the molecule is CC(=O)N1CCc2ccc(NC3=NCCCN3)cc21.CC(=O)NCCC(=O)O.c1cncnc1. The highest BCUT2D eigenvalue weighted by atomic mass is 16.4. The lowest BCUT2D eigenvalue weighted by molar-refractivity contribution is -0.136. The molecular weight excluding hydrogens is 438 g/mol. The first kappa shape index (κ1) is 26.2. The van der Waals surface area contributed by atoms with Crippen LogP contribution in [0.3, 0.4) is 0 Å². The van der Waals surface area contributed by atoms with Crippen LogP contribution >= 0.6 is 0 Å². The van der Waals surface area contributed by atoms with E-state index in [1.54, 1.807) is 25.4 Å². The van der Waals surface area contributed by atoms with Gasteiger partial charge in [-0.25, -0.2) is 9.97 Å². The molecular formula is C23H31N7O4. The minimum absolute atomic E-state index is 0.0143. The van der Waals surface area contributed by atoms with E-state index < -0.39 is 5.97 Å². The number of hydrogen-bond acceptors (Lipinski definition) is 8. The fraction of sp³-hybridized carbons (Fsp3) is 0.391.